The van der Waals surface area contributed by atoms with Crippen LogP contribution in [-0.4, -0.2) is 87.5 Å². The number of hydrogen-bond donors (Lipinski definition) is 6. The lowest BCUT2D eigenvalue weighted by Crippen LogP contribution is -2.60. The Balaban J connectivity index is 2.33. The lowest BCUT2D eigenvalue weighted by Gasteiger charge is -2.40. The summed E-state index contributed by atoms with van der Waals surface area (Å²) in [6, 6.07) is -0.798. The third-order valence-corrected chi connectivity index (χ3v) is 11.4. The molecule has 0 aromatic carbocycles. The summed E-state index contributed by atoms with van der Waals surface area (Å²) >= 11 is 0. The van der Waals surface area contributed by atoms with Crippen molar-refractivity contribution in [2.75, 3.05) is 13.2 Å². The van der Waals surface area contributed by atoms with E-state index in [1.807, 2.05) is 6.08 Å². The molecule has 6 N–H and O–H groups in total. The SMILES string of the molecule is CCCCCCCCCCCCCC/C=C/C(O)C(COC1OC(CO)C(O)C(O)C1O)NC(=O)CCCCCCCCCCCCCCCCCCCC. The Morgan fingerprint density at radius 3 is 1.42 bits per heavy atom. The fourth-order valence-electron chi connectivity index (χ4n) is 7.57. The first-order valence-corrected chi connectivity index (χ1v) is 23.4. The fraction of sp³-hybridized carbons (Fsp3) is 0.935. The Kier molecular flexibility index (Phi) is 35.2. The van der Waals surface area contributed by atoms with Gasteiger partial charge in [-0.15, -0.1) is 0 Å². The zero-order chi connectivity index (χ0) is 40.2. The van der Waals surface area contributed by atoms with Gasteiger partial charge in [0.25, 0.3) is 0 Å². The Morgan fingerprint density at radius 2 is 1.00 bits per heavy atom. The summed E-state index contributed by atoms with van der Waals surface area (Å²) in [7, 11) is 0. The van der Waals surface area contributed by atoms with Crippen molar-refractivity contribution < 1.29 is 39.8 Å². The molecule has 1 aliphatic heterocycles. The average Bonchev–Trinajstić information content (AvgIpc) is 3.18. The monoisotopic (exact) mass is 784 g/mol. The zero-order valence-corrected chi connectivity index (χ0v) is 35.7. The molecule has 0 aromatic rings. The Hall–Kier alpha value is -1.07. The van der Waals surface area contributed by atoms with Crippen LogP contribution in [0.25, 0.3) is 0 Å². The van der Waals surface area contributed by atoms with Crippen LogP contribution in [0.2, 0.25) is 0 Å². The number of rotatable bonds is 39. The molecule has 0 bridgehead atoms. The number of hydrogen-bond acceptors (Lipinski definition) is 8. The minimum absolute atomic E-state index is 0.174. The summed E-state index contributed by atoms with van der Waals surface area (Å²) in [5.74, 6) is -0.174. The van der Waals surface area contributed by atoms with Gasteiger partial charge in [0.05, 0.1) is 25.4 Å². The van der Waals surface area contributed by atoms with Crippen molar-refractivity contribution in [1.82, 2.24) is 5.32 Å². The Labute approximate surface area is 337 Å². The lowest BCUT2D eigenvalue weighted by atomic mass is 9.99. The summed E-state index contributed by atoms with van der Waals surface area (Å²) in [5, 5.41) is 54.2. The van der Waals surface area contributed by atoms with Crippen molar-refractivity contribution in [2.45, 2.75) is 262 Å². The molecule has 0 spiro atoms. The topological polar surface area (TPSA) is 149 Å². The summed E-state index contributed by atoms with van der Waals surface area (Å²) < 4.78 is 11.2. The molecule has 55 heavy (non-hydrogen) atoms. The second-order valence-electron chi connectivity index (χ2n) is 16.6. The highest BCUT2D eigenvalue weighted by atomic mass is 16.7. The summed E-state index contributed by atoms with van der Waals surface area (Å²) in [6.45, 7) is 3.78. The quantitative estimate of drug-likeness (QED) is 0.0267. The van der Waals surface area contributed by atoms with Crippen LogP contribution in [0.5, 0.6) is 0 Å². The molecular weight excluding hydrogens is 695 g/mol. The maximum absolute atomic E-state index is 13.0. The van der Waals surface area contributed by atoms with E-state index in [1.54, 1.807) is 6.08 Å². The molecular formula is C46H89NO8. The van der Waals surface area contributed by atoms with Gasteiger partial charge >= 0.3 is 0 Å². The number of aliphatic hydroxyl groups excluding tert-OH is 5. The van der Waals surface area contributed by atoms with E-state index in [0.29, 0.717) is 6.42 Å². The second kappa shape index (κ2) is 37.2. The van der Waals surface area contributed by atoms with Gasteiger partial charge in [-0.2, -0.15) is 0 Å². The van der Waals surface area contributed by atoms with Crippen molar-refractivity contribution in [2.24, 2.45) is 0 Å². The van der Waals surface area contributed by atoms with Crippen molar-refractivity contribution >= 4 is 5.91 Å². The van der Waals surface area contributed by atoms with Gasteiger partial charge in [-0.25, -0.2) is 0 Å². The fourth-order valence-corrected chi connectivity index (χ4v) is 7.57. The number of aliphatic hydroxyl groups is 5. The van der Waals surface area contributed by atoms with Crippen LogP contribution in [0.4, 0.5) is 0 Å². The van der Waals surface area contributed by atoms with Gasteiger partial charge in [0, 0.05) is 6.42 Å². The molecule has 9 nitrogen and oxygen atoms in total. The molecule has 0 saturated carbocycles. The van der Waals surface area contributed by atoms with E-state index in [-0.39, 0.29) is 12.5 Å². The predicted octanol–water partition coefficient (Wildman–Crippen LogP) is 9.73. The smallest absolute Gasteiger partial charge is 0.220 e. The van der Waals surface area contributed by atoms with Crippen molar-refractivity contribution in [3.05, 3.63) is 12.2 Å². The maximum Gasteiger partial charge on any atom is 0.220 e. The molecule has 1 amide bonds. The third kappa shape index (κ3) is 28.1. The molecule has 0 aliphatic carbocycles. The van der Waals surface area contributed by atoms with E-state index in [4.69, 9.17) is 9.47 Å². The second-order valence-corrected chi connectivity index (χ2v) is 16.6. The number of carbonyl (C=O) groups is 1. The van der Waals surface area contributed by atoms with E-state index < -0.39 is 49.5 Å². The number of amides is 1. The van der Waals surface area contributed by atoms with Gasteiger partial charge in [0.15, 0.2) is 6.29 Å². The zero-order valence-electron chi connectivity index (χ0n) is 35.7. The van der Waals surface area contributed by atoms with Crippen molar-refractivity contribution in [3.8, 4) is 0 Å². The molecule has 1 heterocycles. The molecule has 0 aromatic heterocycles. The van der Waals surface area contributed by atoms with Crippen LogP contribution in [-0.2, 0) is 14.3 Å². The van der Waals surface area contributed by atoms with Crippen LogP contribution >= 0.6 is 0 Å². The summed E-state index contributed by atoms with van der Waals surface area (Å²) in [6.07, 6.45) is 35.4. The van der Waals surface area contributed by atoms with Crippen molar-refractivity contribution in [3.63, 3.8) is 0 Å². The third-order valence-electron chi connectivity index (χ3n) is 11.4. The molecule has 326 valence electrons. The first kappa shape index (κ1) is 51.9. The Bertz CT molecular complexity index is 873. The van der Waals surface area contributed by atoms with E-state index in [1.165, 1.54) is 161 Å². The first-order valence-electron chi connectivity index (χ1n) is 23.4. The van der Waals surface area contributed by atoms with E-state index in [9.17, 15) is 30.3 Å². The summed E-state index contributed by atoms with van der Waals surface area (Å²) in [5.41, 5.74) is 0. The highest BCUT2D eigenvalue weighted by Crippen LogP contribution is 2.23. The van der Waals surface area contributed by atoms with Gasteiger partial charge < -0.3 is 40.3 Å². The molecule has 1 rings (SSSR count). The normalized spacial score (nSPS) is 21.3. The van der Waals surface area contributed by atoms with Crippen LogP contribution in [0.15, 0.2) is 12.2 Å². The minimum atomic E-state index is -1.56. The van der Waals surface area contributed by atoms with E-state index >= 15 is 0 Å². The average molecular weight is 784 g/mol. The van der Waals surface area contributed by atoms with Crippen LogP contribution in [0.3, 0.4) is 0 Å². The van der Waals surface area contributed by atoms with Crippen LogP contribution in [0.1, 0.15) is 219 Å². The summed E-state index contributed by atoms with van der Waals surface area (Å²) in [4.78, 5) is 13.0. The molecule has 7 unspecified atom stereocenters. The number of nitrogens with one attached hydrogen (secondary N) is 1. The van der Waals surface area contributed by atoms with Gasteiger partial charge in [0.1, 0.15) is 24.4 Å². The van der Waals surface area contributed by atoms with Crippen molar-refractivity contribution in [1.29, 1.82) is 0 Å². The van der Waals surface area contributed by atoms with Crippen LogP contribution < -0.4 is 5.32 Å². The van der Waals surface area contributed by atoms with Gasteiger partial charge in [-0.1, -0.05) is 206 Å². The molecule has 1 fully saturated rings. The van der Waals surface area contributed by atoms with Gasteiger partial charge in [-0.05, 0) is 19.3 Å². The standard InChI is InChI=1S/C46H89NO8/c1-3-5-7-9-11-13-15-17-19-20-21-22-24-26-28-30-32-34-36-42(50)47-39(38-54-46-45(53)44(52)43(51)41(37-48)55-46)40(49)35-33-31-29-27-25-23-18-16-14-12-10-8-6-4-2/h33,35,39-41,43-46,48-49,51-53H,3-32,34,36-38H2,1-2H3,(H,47,50)/b35-33+. The van der Waals surface area contributed by atoms with E-state index in [2.05, 4.69) is 19.2 Å². The number of allylic oxidation sites excluding steroid dienone is 1. The molecule has 1 aliphatic rings. The van der Waals surface area contributed by atoms with Gasteiger partial charge in [0.2, 0.25) is 5.91 Å². The predicted molar refractivity (Wildman–Crippen MR) is 226 cm³/mol. The minimum Gasteiger partial charge on any atom is -0.394 e. The molecule has 9 heteroatoms. The Morgan fingerprint density at radius 1 is 0.600 bits per heavy atom. The van der Waals surface area contributed by atoms with Gasteiger partial charge in [-0.3, -0.25) is 4.79 Å². The highest BCUT2D eigenvalue weighted by molar-refractivity contribution is 5.76. The van der Waals surface area contributed by atoms with Crippen LogP contribution in [0, 0.1) is 0 Å². The largest absolute Gasteiger partial charge is 0.394 e. The molecule has 1 saturated heterocycles. The first-order chi connectivity index (χ1) is 26.8. The van der Waals surface area contributed by atoms with E-state index in [0.717, 1.165) is 38.5 Å². The molecule has 7 atom stereocenters. The maximum atomic E-state index is 13.0. The number of carbonyl (C=O) groups excluding carboxylic acids is 1. The number of unbranched alkanes of at least 4 members (excludes halogenated alkanes) is 29. The number of ether oxygens (including phenoxy) is 2. The molecule has 0 radical (unpaired) electrons. The lowest BCUT2D eigenvalue weighted by molar-refractivity contribution is -0.302. The highest BCUT2D eigenvalue weighted by Gasteiger charge is 2.44.